The second-order valence-corrected chi connectivity index (χ2v) is 8.40. The first kappa shape index (κ1) is 19.4. The second-order valence-electron chi connectivity index (χ2n) is 6.62. The second kappa shape index (κ2) is 7.33. The van der Waals surface area contributed by atoms with Gasteiger partial charge in [-0.15, -0.1) is 0 Å². The van der Waals surface area contributed by atoms with Crippen LogP contribution >= 0.6 is 0 Å². The van der Waals surface area contributed by atoms with Crippen LogP contribution in [-0.2, 0) is 10.0 Å². The molecule has 0 unspecified atom stereocenters. The van der Waals surface area contributed by atoms with Crippen LogP contribution in [0.15, 0.2) is 71.3 Å². The molecule has 0 spiro atoms. The number of para-hydroxylation sites is 1. The predicted molar refractivity (Wildman–Crippen MR) is 107 cm³/mol. The maximum Gasteiger partial charge on any atom is 0.268 e. The van der Waals surface area contributed by atoms with E-state index in [1.165, 1.54) is 24.4 Å². The molecule has 0 saturated carbocycles. The minimum Gasteiger partial charge on any atom is -0.382 e. The van der Waals surface area contributed by atoms with Crippen molar-refractivity contribution in [2.75, 3.05) is 14.1 Å². The molecule has 3 rings (SSSR count). The number of fused-ring (bicyclic) bond motifs is 1. The highest BCUT2D eigenvalue weighted by Crippen LogP contribution is 2.27. The monoisotopic (exact) mass is 393 g/mol. The topological polar surface area (TPSA) is 83.2 Å². The molecule has 0 bridgehead atoms. The van der Waals surface area contributed by atoms with Gasteiger partial charge in [-0.3, -0.25) is 4.79 Å². The fourth-order valence-electron chi connectivity index (χ4n) is 2.90. The van der Waals surface area contributed by atoms with Crippen molar-refractivity contribution >= 4 is 26.7 Å². The van der Waals surface area contributed by atoms with Gasteiger partial charge in [-0.05, 0) is 31.2 Å². The van der Waals surface area contributed by atoms with Crippen molar-refractivity contribution in [3.05, 3.63) is 77.6 Å². The maximum atomic E-state index is 13.4. The molecular formula is C21H19N3O3S. The van der Waals surface area contributed by atoms with Gasteiger partial charge in [-0.1, -0.05) is 35.9 Å². The van der Waals surface area contributed by atoms with Crippen LogP contribution in [0.25, 0.3) is 10.9 Å². The number of rotatable bonds is 5. The van der Waals surface area contributed by atoms with E-state index in [0.29, 0.717) is 10.9 Å². The van der Waals surface area contributed by atoms with Gasteiger partial charge in [0.05, 0.1) is 10.4 Å². The van der Waals surface area contributed by atoms with E-state index >= 15 is 0 Å². The number of nitrogens with zero attached hydrogens (tertiary/aromatic N) is 3. The summed E-state index contributed by atoms with van der Waals surface area (Å²) in [6, 6.07) is 16.6. The lowest BCUT2D eigenvalue weighted by Crippen LogP contribution is -2.20. The molecule has 0 aliphatic carbocycles. The van der Waals surface area contributed by atoms with E-state index in [1.807, 2.05) is 13.0 Å². The summed E-state index contributed by atoms with van der Waals surface area (Å²) in [6.45, 7) is 1.86. The number of carbonyl (C=O) groups is 1. The van der Waals surface area contributed by atoms with E-state index in [9.17, 15) is 18.5 Å². The molecule has 7 heteroatoms. The van der Waals surface area contributed by atoms with Gasteiger partial charge in [0.1, 0.15) is 17.3 Å². The number of aromatic nitrogens is 1. The van der Waals surface area contributed by atoms with Gasteiger partial charge in [-0.25, -0.2) is 12.4 Å². The summed E-state index contributed by atoms with van der Waals surface area (Å²) in [5, 5.41) is 10.00. The van der Waals surface area contributed by atoms with E-state index in [0.717, 1.165) is 9.54 Å². The van der Waals surface area contributed by atoms with Crippen molar-refractivity contribution in [3.63, 3.8) is 0 Å². The molecule has 0 radical (unpaired) electrons. The van der Waals surface area contributed by atoms with Crippen LogP contribution < -0.4 is 0 Å². The van der Waals surface area contributed by atoms with Gasteiger partial charge in [0.15, 0.2) is 0 Å². The van der Waals surface area contributed by atoms with E-state index in [-0.39, 0.29) is 16.2 Å². The minimum atomic E-state index is -4.04. The molecule has 1 aromatic heterocycles. The zero-order valence-corrected chi connectivity index (χ0v) is 16.6. The highest BCUT2D eigenvalue weighted by Gasteiger charge is 2.27. The van der Waals surface area contributed by atoms with Crippen molar-refractivity contribution in [3.8, 4) is 6.07 Å². The van der Waals surface area contributed by atoms with Crippen molar-refractivity contribution in [1.29, 1.82) is 5.26 Å². The average Bonchev–Trinajstić information content (AvgIpc) is 3.06. The highest BCUT2D eigenvalue weighted by atomic mass is 32.2. The molecule has 28 heavy (non-hydrogen) atoms. The number of hydrogen-bond acceptors (Lipinski definition) is 5. The van der Waals surface area contributed by atoms with Crippen LogP contribution in [-0.4, -0.2) is 37.2 Å². The molecule has 0 fully saturated rings. The van der Waals surface area contributed by atoms with E-state index in [2.05, 4.69) is 0 Å². The van der Waals surface area contributed by atoms with Crippen LogP contribution in [0.5, 0.6) is 0 Å². The molecule has 2 aromatic carbocycles. The smallest absolute Gasteiger partial charge is 0.268 e. The van der Waals surface area contributed by atoms with Gasteiger partial charge in [0, 0.05) is 25.7 Å². The van der Waals surface area contributed by atoms with Crippen molar-refractivity contribution in [2.24, 2.45) is 0 Å². The Morgan fingerprint density at radius 2 is 1.75 bits per heavy atom. The Hall–Kier alpha value is -3.37. The van der Waals surface area contributed by atoms with Gasteiger partial charge < -0.3 is 4.90 Å². The standard InChI is InChI=1S/C21H19N3O3S/c1-15-8-10-18(11-9-15)28(26,27)24-19-7-5-4-6-16(19)12-20(24)21(25)17(13-22)14-23(2)3/h4-12,14H,1-3H3. The fourth-order valence-corrected chi connectivity index (χ4v) is 4.41. The van der Waals surface area contributed by atoms with Gasteiger partial charge in [-0.2, -0.15) is 5.26 Å². The third kappa shape index (κ3) is 3.42. The lowest BCUT2D eigenvalue weighted by Gasteiger charge is -2.12. The molecule has 0 amide bonds. The Balaban J connectivity index is 2.31. The first-order chi connectivity index (χ1) is 13.3. The van der Waals surface area contributed by atoms with Gasteiger partial charge in [0.2, 0.25) is 5.78 Å². The molecule has 0 atom stereocenters. The van der Waals surface area contributed by atoms with Crippen LogP contribution in [0.4, 0.5) is 0 Å². The molecule has 6 nitrogen and oxygen atoms in total. The summed E-state index contributed by atoms with van der Waals surface area (Å²) in [5.74, 6) is -0.650. The highest BCUT2D eigenvalue weighted by molar-refractivity contribution is 7.90. The molecule has 1 heterocycles. The summed E-state index contributed by atoms with van der Waals surface area (Å²) >= 11 is 0. The first-order valence-corrected chi connectivity index (χ1v) is 9.95. The lowest BCUT2D eigenvalue weighted by atomic mass is 10.1. The number of benzene rings is 2. The Morgan fingerprint density at radius 3 is 2.36 bits per heavy atom. The van der Waals surface area contributed by atoms with Gasteiger partial charge in [0.25, 0.3) is 10.0 Å². The zero-order chi connectivity index (χ0) is 20.5. The lowest BCUT2D eigenvalue weighted by molar-refractivity contribution is 0.103. The SMILES string of the molecule is Cc1ccc(S(=O)(=O)n2c(C(=O)C(C#N)=CN(C)C)cc3ccccc32)cc1. The molecular weight excluding hydrogens is 374 g/mol. The third-order valence-corrected chi connectivity index (χ3v) is 5.95. The quantitative estimate of drug-likeness (QED) is 0.377. The Labute approximate surface area is 164 Å². The van der Waals surface area contributed by atoms with Crippen LogP contribution in [0, 0.1) is 18.3 Å². The Morgan fingerprint density at radius 1 is 1.11 bits per heavy atom. The summed E-state index contributed by atoms with van der Waals surface area (Å²) in [5.41, 5.74) is 1.09. The van der Waals surface area contributed by atoms with Crippen LogP contribution in [0.1, 0.15) is 16.1 Å². The number of Topliss-reactive ketones (excluding diaryl/α,β-unsaturated/α-hetero) is 1. The summed E-state index contributed by atoms with van der Waals surface area (Å²) in [6.07, 6.45) is 1.38. The molecule has 0 saturated heterocycles. The Kier molecular flexibility index (Phi) is 5.08. The average molecular weight is 393 g/mol. The Bertz CT molecular complexity index is 1230. The number of aryl methyl sites for hydroxylation is 1. The number of ketones is 1. The molecule has 0 aliphatic heterocycles. The maximum absolute atomic E-state index is 13.4. The zero-order valence-electron chi connectivity index (χ0n) is 15.7. The number of allylic oxidation sites excluding steroid dienone is 1. The third-order valence-electron chi connectivity index (χ3n) is 4.21. The number of nitriles is 1. The summed E-state index contributed by atoms with van der Waals surface area (Å²) in [7, 11) is -0.672. The molecule has 0 N–H and O–H groups in total. The van der Waals surface area contributed by atoms with Crippen molar-refractivity contribution in [1.82, 2.24) is 8.87 Å². The van der Waals surface area contributed by atoms with Gasteiger partial charge >= 0.3 is 0 Å². The molecule has 142 valence electrons. The summed E-state index contributed by atoms with van der Waals surface area (Å²) in [4.78, 5) is 14.7. The van der Waals surface area contributed by atoms with Crippen LogP contribution in [0.2, 0.25) is 0 Å². The summed E-state index contributed by atoms with van der Waals surface area (Å²) < 4.78 is 27.8. The van der Waals surface area contributed by atoms with E-state index < -0.39 is 15.8 Å². The molecule has 0 aliphatic rings. The fraction of sp³-hybridized carbons (Fsp3) is 0.143. The first-order valence-electron chi connectivity index (χ1n) is 8.51. The van der Waals surface area contributed by atoms with Crippen molar-refractivity contribution in [2.45, 2.75) is 11.8 Å². The predicted octanol–water partition coefficient (Wildman–Crippen LogP) is 3.34. The normalized spacial score (nSPS) is 12.0. The minimum absolute atomic E-state index is 0.0728. The van der Waals surface area contributed by atoms with E-state index in [4.69, 9.17) is 0 Å². The molecule has 3 aromatic rings. The van der Waals surface area contributed by atoms with Crippen LogP contribution in [0.3, 0.4) is 0 Å². The largest absolute Gasteiger partial charge is 0.382 e. The van der Waals surface area contributed by atoms with E-state index in [1.54, 1.807) is 55.4 Å². The van der Waals surface area contributed by atoms with Crippen molar-refractivity contribution < 1.29 is 13.2 Å². The number of carbonyl (C=O) groups excluding carboxylic acids is 1. The number of hydrogen-bond donors (Lipinski definition) is 0.